The first kappa shape index (κ1) is 14.3. The Morgan fingerprint density at radius 2 is 2.05 bits per heavy atom. The number of non-ortho nitro benzene ring substituents is 1. The Hall–Kier alpha value is -2.11. The molecule has 0 aliphatic heterocycles. The summed E-state index contributed by atoms with van der Waals surface area (Å²) in [5.74, 6) is 0.978. The predicted octanol–water partition coefficient (Wildman–Crippen LogP) is 3.76. The standard InChI is InChI=1S/C14H13ClN2O3/c1-16-9-12-13(15)6-3-7-14(12)20-11-5-2-4-10(8-11)17(18)19/h2-8,16H,9H2,1H3. The lowest BCUT2D eigenvalue weighted by molar-refractivity contribution is -0.384. The van der Waals surface area contributed by atoms with Gasteiger partial charge in [-0.25, -0.2) is 0 Å². The molecule has 0 aliphatic rings. The van der Waals surface area contributed by atoms with E-state index in [0.717, 1.165) is 5.56 Å². The van der Waals surface area contributed by atoms with Gasteiger partial charge in [-0.3, -0.25) is 10.1 Å². The molecule has 1 N–H and O–H groups in total. The molecule has 0 aromatic heterocycles. The van der Waals surface area contributed by atoms with E-state index in [1.807, 2.05) is 0 Å². The summed E-state index contributed by atoms with van der Waals surface area (Å²) in [7, 11) is 1.81. The van der Waals surface area contributed by atoms with Gasteiger partial charge in [0.2, 0.25) is 0 Å². The van der Waals surface area contributed by atoms with Gasteiger partial charge in [-0.2, -0.15) is 0 Å². The lowest BCUT2D eigenvalue weighted by atomic mass is 10.2. The van der Waals surface area contributed by atoms with Crippen molar-refractivity contribution in [3.63, 3.8) is 0 Å². The Bertz CT molecular complexity index is 632. The van der Waals surface area contributed by atoms with Crippen molar-refractivity contribution >= 4 is 17.3 Å². The van der Waals surface area contributed by atoms with Crippen molar-refractivity contribution in [2.45, 2.75) is 6.54 Å². The van der Waals surface area contributed by atoms with Crippen LogP contribution in [0.15, 0.2) is 42.5 Å². The molecule has 0 heterocycles. The van der Waals surface area contributed by atoms with Gasteiger partial charge < -0.3 is 10.1 Å². The van der Waals surface area contributed by atoms with Crippen LogP contribution < -0.4 is 10.1 Å². The van der Waals surface area contributed by atoms with Crippen LogP contribution in [0.2, 0.25) is 5.02 Å². The van der Waals surface area contributed by atoms with Gasteiger partial charge >= 0.3 is 0 Å². The van der Waals surface area contributed by atoms with E-state index in [9.17, 15) is 10.1 Å². The molecule has 20 heavy (non-hydrogen) atoms. The minimum Gasteiger partial charge on any atom is -0.457 e. The van der Waals surface area contributed by atoms with Crippen LogP contribution in [0.25, 0.3) is 0 Å². The molecule has 0 aliphatic carbocycles. The summed E-state index contributed by atoms with van der Waals surface area (Å²) in [6.07, 6.45) is 0. The zero-order valence-electron chi connectivity index (χ0n) is 10.8. The van der Waals surface area contributed by atoms with Gasteiger partial charge in [0.05, 0.1) is 11.0 Å². The number of nitrogens with zero attached hydrogens (tertiary/aromatic N) is 1. The molecule has 0 spiro atoms. The van der Waals surface area contributed by atoms with E-state index in [1.54, 1.807) is 37.4 Å². The van der Waals surface area contributed by atoms with Gasteiger partial charge in [-0.05, 0) is 25.2 Å². The molecule has 2 rings (SSSR count). The fourth-order valence-corrected chi connectivity index (χ4v) is 2.00. The molecule has 104 valence electrons. The van der Waals surface area contributed by atoms with Crippen molar-refractivity contribution in [1.82, 2.24) is 5.32 Å². The van der Waals surface area contributed by atoms with E-state index in [-0.39, 0.29) is 5.69 Å². The van der Waals surface area contributed by atoms with Crippen molar-refractivity contribution < 1.29 is 9.66 Å². The number of benzene rings is 2. The molecule has 2 aromatic carbocycles. The highest BCUT2D eigenvalue weighted by Crippen LogP contribution is 2.31. The van der Waals surface area contributed by atoms with Crippen molar-refractivity contribution in [2.75, 3.05) is 7.05 Å². The number of ether oxygens (including phenoxy) is 1. The van der Waals surface area contributed by atoms with Crippen molar-refractivity contribution in [2.24, 2.45) is 0 Å². The number of nitro benzene ring substituents is 1. The van der Waals surface area contributed by atoms with Gasteiger partial charge in [0, 0.05) is 23.2 Å². The Morgan fingerprint density at radius 3 is 2.75 bits per heavy atom. The van der Waals surface area contributed by atoms with Gasteiger partial charge in [0.1, 0.15) is 11.5 Å². The summed E-state index contributed by atoms with van der Waals surface area (Å²) in [5.41, 5.74) is 0.794. The summed E-state index contributed by atoms with van der Waals surface area (Å²) in [6.45, 7) is 0.546. The molecule has 0 atom stereocenters. The van der Waals surface area contributed by atoms with Crippen molar-refractivity contribution in [3.8, 4) is 11.5 Å². The number of nitro groups is 1. The highest BCUT2D eigenvalue weighted by Gasteiger charge is 2.11. The number of hydrogen-bond acceptors (Lipinski definition) is 4. The first-order valence-corrected chi connectivity index (χ1v) is 6.34. The summed E-state index contributed by atoms with van der Waals surface area (Å²) in [4.78, 5) is 10.3. The normalized spacial score (nSPS) is 10.3. The summed E-state index contributed by atoms with van der Waals surface area (Å²) >= 11 is 6.13. The van der Waals surface area contributed by atoms with Crippen LogP contribution >= 0.6 is 11.6 Å². The third-order valence-corrected chi connectivity index (χ3v) is 3.04. The molecule has 0 amide bonds. The van der Waals surface area contributed by atoms with E-state index in [4.69, 9.17) is 16.3 Å². The average molecular weight is 293 g/mol. The van der Waals surface area contributed by atoms with Gasteiger partial charge in [-0.1, -0.05) is 23.7 Å². The summed E-state index contributed by atoms with van der Waals surface area (Å²) in [6, 6.07) is 11.4. The van der Waals surface area contributed by atoms with E-state index in [1.165, 1.54) is 12.1 Å². The molecular formula is C14H13ClN2O3. The highest BCUT2D eigenvalue weighted by atomic mass is 35.5. The maximum Gasteiger partial charge on any atom is 0.273 e. The topological polar surface area (TPSA) is 64.4 Å². The largest absolute Gasteiger partial charge is 0.457 e. The summed E-state index contributed by atoms with van der Waals surface area (Å²) in [5, 5.41) is 14.3. The van der Waals surface area contributed by atoms with Crippen LogP contribution in [-0.4, -0.2) is 12.0 Å². The van der Waals surface area contributed by atoms with E-state index < -0.39 is 4.92 Å². The number of rotatable bonds is 5. The molecule has 0 saturated carbocycles. The lowest BCUT2D eigenvalue weighted by Gasteiger charge is -2.12. The highest BCUT2D eigenvalue weighted by molar-refractivity contribution is 6.31. The average Bonchev–Trinajstić information content (AvgIpc) is 2.43. The fraction of sp³-hybridized carbons (Fsp3) is 0.143. The van der Waals surface area contributed by atoms with E-state index in [2.05, 4.69) is 5.32 Å². The van der Waals surface area contributed by atoms with Gasteiger partial charge in [0.15, 0.2) is 0 Å². The van der Waals surface area contributed by atoms with Gasteiger partial charge in [0.25, 0.3) is 5.69 Å². The Kier molecular flexibility index (Phi) is 4.55. The second kappa shape index (κ2) is 6.36. The SMILES string of the molecule is CNCc1c(Cl)cccc1Oc1cccc([N+](=O)[O-])c1. The molecular weight excluding hydrogens is 280 g/mol. The molecule has 0 bridgehead atoms. The number of nitrogens with one attached hydrogen (secondary N) is 1. The molecule has 0 unspecified atom stereocenters. The summed E-state index contributed by atoms with van der Waals surface area (Å²) < 4.78 is 5.70. The third-order valence-electron chi connectivity index (χ3n) is 2.69. The second-order valence-electron chi connectivity index (χ2n) is 4.10. The van der Waals surface area contributed by atoms with Crippen LogP contribution in [0.4, 0.5) is 5.69 Å². The monoisotopic (exact) mass is 292 g/mol. The van der Waals surface area contributed by atoms with Crippen LogP contribution in [-0.2, 0) is 6.54 Å². The second-order valence-corrected chi connectivity index (χ2v) is 4.51. The maximum atomic E-state index is 10.7. The molecule has 2 aromatic rings. The van der Waals surface area contributed by atoms with Crippen LogP contribution in [0, 0.1) is 10.1 Å². The molecule has 5 nitrogen and oxygen atoms in total. The Labute approximate surface area is 121 Å². The maximum absolute atomic E-state index is 10.7. The minimum absolute atomic E-state index is 0.0142. The number of halogens is 1. The predicted molar refractivity (Wildman–Crippen MR) is 77.4 cm³/mol. The fourth-order valence-electron chi connectivity index (χ4n) is 1.77. The van der Waals surface area contributed by atoms with Crippen molar-refractivity contribution in [3.05, 3.63) is 63.2 Å². The zero-order chi connectivity index (χ0) is 14.5. The molecule has 0 saturated heterocycles. The Balaban J connectivity index is 2.32. The van der Waals surface area contributed by atoms with Gasteiger partial charge in [-0.15, -0.1) is 0 Å². The Morgan fingerprint density at radius 1 is 1.30 bits per heavy atom. The van der Waals surface area contributed by atoms with Crippen LogP contribution in [0.3, 0.4) is 0 Å². The van der Waals surface area contributed by atoms with Crippen molar-refractivity contribution in [1.29, 1.82) is 0 Å². The van der Waals surface area contributed by atoms with Crippen LogP contribution in [0.1, 0.15) is 5.56 Å². The minimum atomic E-state index is -0.459. The molecule has 0 radical (unpaired) electrons. The first-order valence-electron chi connectivity index (χ1n) is 5.96. The number of hydrogen-bond donors (Lipinski definition) is 1. The quantitative estimate of drug-likeness (QED) is 0.673. The molecule has 0 fully saturated rings. The molecule has 6 heteroatoms. The van der Waals surface area contributed by atoms with E-state index in [0.29, 0.717) is 23.1 Å². The van der Waals surface area contributed by atoms with E-state index >= 15 is 0 Å². The zero-order valence-corrected chi connectivity index (χ0v) is 11.6. The smallest absolute Gasteiger partial charge is 0.273 e. The first-order chi connectivity index (χ1) is 9.61. The van der Waals surface area contributed by atoms with Crippen LogP contribution in [0.5, 0.6) is 11.5 Å². The lowest BCUT2D eigenvalue weighted by Crippen LogP contribution is -2.07. The third kappa shape index (κ3) is 3.26.